The molecule has 4 nitrogen and oxygen atoms in total. The first-order valence-corrected chi connectivity index (χ1v) is 21.7. The molecule has 10 aromatic rings. The van der Waals surface area contributed by atoms with E-state index in [0.29, 0.717) is 33.4 Å². The third-order valence-corrected chi connectivity index (χ3v) is 12.3. The maximum atomic E-state index is 12.8. The molecule has 0 bridgehead atoms. The summed E-state index contributed by atoms with van der Waals surface area (Å²) in [6.07, 6.45) is 0. The van der Waals surface area contributed by atoms with Gasteiger partial charge in [0.2, 0.25) is 0 Å². The van der Waals surface area contributed by atoms with Crippen LogP contribution in [0.2, 0.25) is 0 Å². The fourth-order valence-electron chi connectivity index (χ4n) is 8.92. The highest BCUT2D eigenvalue weighted by Gasteiger charge is 2.29. The Morgan fingerprint density at radius 2 is 0.523 bits per heavy atom. The maximum Gasteiger partial charge on any atom is 0.127 e. The molecule has 0 fully saturated rings. The first-order valence-electron chi connectivity index (χ1n) is 21.7. The summed E-state index contributed by atoms with van der Waals surface area (Å²) >= 11 is 0. The number of aromatic hydroxyl groups is 4. The van der Waals surface area contributed by atoms with Crippen LogP contribution in [0.1, 0.15) is 22.6 Å². The molecule has 65 heavy (non-hydrogen) atoms. The Labute approximate surface area is 378 Å². The van der Waals surface area contributed by atoms with Crippen LogP contribution in [0.15, 0.2) is 237 Å². The van der Waals surface area contributed by atoms with Crippen molar-refractivity contribution < 1.29 is 20.4 Å². The largest absolute Gasteiger partial charge is 0.507 e. The van der Waals surface area contributed by atoms with Gasteiger partial charge in [-0.2, -0.15) is 0 Å². The SMILES string of the molecule is Oc1ccc(-c2cc(-c3ccccc3)c(O)c(C(c3ccc(-c4ccccc4)cc3)c3cc(-c4ccc(O)c(-c5ccccc5)c4)cc(-c4ccccc4)c3O)c2)cc1-c1ccccc1. The van der Waals surface area contributed by atoms with Crippen molar-refractivity contribution in [3.05, 3.63) is 253 Å². The predicted octanol–water partition coefficient (Wildman–Crippen LogP) is 15.4. The molecule has 0 aliphatic carbocycles. The normalized spacial score (nSPS) is 11.2. The van der Waals surface area contributed by atoms with E-state index in [1.54, 1.807) is 12.1 Å². The average molecular weight is 841 g/mol. The summed E-state index contributed by atoms with van der Waals surface area (Å²) in [4.78, 5) is 0. The van der Waals surface area contributed by atoms with Crippen molar-refractivity contribution in [1.82, 2.24) is 0 Å². The van der Waals surface area contributed by atoms with Gasteiger partial charge < -0.3 is 20.4 Å². The Morgan fingerprint density at radius 1 is 0.231 bits per heavy atom. The summed E-state index contributed by atoms with van der Waals surface area (Å²) in [5.41, 5.74) is 13.5. The smallest absolute Gasteiger partial charge is 0.127 e. The minimum Gasteiger partial charge on any atom is -0.507 e. The van der Waals surface area contributed by atoms with Crippen LogP contribution in [0, 0.1) is 0 Å². The highest BCUT2D eigenvalue weighted by molar-refractivity contribution is 5.87. The molecular weight excluding hydrogens is 797 g/mol. The zero-order chi connectivity index (χ0) is 44.3. The predicted molar refractivity (Wildman–Crippen MR) is 265 cm³/mol. The van der Waals surface area contributed by atoms with Gasteiger partial charge in [0.25, 0.3) is 0 Å². The molecule has 0 aliphatic rings. The maximum absolute atomic E-state index is 12.8. The van der Waals surface area contributed by atoms with E-state index < -0.39 is 5.92 Å². The van der Waals surface area contributed by atoms with Crippen LogP contribution in [0.5, 0.6) is 23.0 Å². The fraction of sp³-hybridized carbons (Fsp3) is 0.0164. The lowest BCUT2D eigenvalue weighted by atomic mass is 9.79. The number of hydrogen-bond acceptors (Lipinski definition) is 4. The molecule has 0 heterocycles. The van der Waals surface area contributed by atoms with E-state index in [9.17, 15) is 20.4 Å². The molecule has 4 N–H and O–H groups in total. The third kappa shape index (κ3) is 8.13. The van der Waals surface area contributed by atoms with Gasteiger partial charge in [-0.3, -0.25) is 0 Å². The first-order chi connectivity index (χ1) is 31.9. The van der Waals surface area contributed by atoms with E-state index in [4.69, 9.17) is 0 Å². The highest BCUT2D eigenvalue weighted by Crippen LogP contribution is 2.50. The Hall–Kier alpha value is -8.60. The lowest BCUT2D eigenvalue weighted by Gasteiger charge is -2.26. The molecule has 0 atom stereocenters. The first kappa shape index (κ1) is 40.5. The quantitative estimate of drug-likeness (QED) is 0.103. The fourth-order valence-corrected chi connectivity index (χ4v) is 8.92. The minimum absolute atomic E-state index is 0.0845. The molecule has 10 aromatic carbocycles. The van der Waals surface area contributed by atoms with E-state index in [1.807, 2.05) is 188 Å². The van der Waals surface area contributed by atoms with E-state index in [0.717, 1.165) is 61.2 Å². The molecule has 0 radical (unpaired) electrons. The average Bonchev–Trinajstić information content (AvgIpc) is 3.37. The number of phenolic OH excluding ortho intramolecular Hbond substituents is 4. The van der Waals surface area contributed by atoms with E-state index in [1.165, 1.54) is 0 Å². The second kappa shape index (κ2) is 17.6. The van der Waals surface area contributed by atoms with Crippen LogP contribution in [0.3, 0.4) is 0 Å². The molecular formula is C61H44O4. The third-order valence-electron chi connectivity index (χ3n) is 12.3. The summed E-state index contributed by atoms with van der Waals surface area (Å²) in [5, 5.41) is 47.9. The Kier molecular flexibility index (Phi) is 11.0. The second-order valence-electron chi connectivity index (χ2n) is 16.3. The van der Waals surface area contributed by atoms with Crippen molar-refractivity contribution in [2.75, 3.05) is 0 Å². The van der Waals surface area contributed by atoms with E-state index >= 15 is 0 Å². The number of benzene rings is 10. The molecule has 4 heteroatoms. The van der Waals surface area contributed by atoms with Gasteiger partial charge in [-0.25, -0.2) is 0 Å². The van der Waals surface area contributed by atoms with Crippen LogP contribution in [0.4, 0.5) is 0 Å². The number of hydrogen-bond donors (Lipinski definition) is 4. The van der Waals surface area contributed by atoms with Crippen LogP contribution in [-0.4, -0.2) is 20.4 Å². The molecule has 10 rings (SSSR count). The van der Waals surface area contributed by atoms with Gasteiger partial charge in [-0.1, -0.05) is 188 Å². The summed E-state index contributed by atoms with van der Waals surface area (Å²) in [6, 6.07) is 77.1. The van der Waals surface area contributed by atoms with Crippen molar-refractivity contribution >= 4 is 0 Å². The topological polar surface area (TPSA) is 80.9 Å². The van der Waals surface area contributed by atoms with Gasteiger partial charge in [-0.05, 0) is 110 Å². The molecule has 312 valence electrons. The Bertz CT molecular complexity index is 3080. The van der Waals surface area contributed by atoms with Crippen LogP contribution < -0.4 is 0 Å². The van der Waals surface area contributed by atoms with Crippen LogP contribution in [-0.2, 0) is 0 Å². The molecule has 0 amide bonds. The van der Waals surface area contributed by atoms with Crippen molar-refractivity contribution in [1.29, 1.82) is 0 Å². The lowest BCUT2D eigenvalue weighted by Crippen LogP contribution is -2.07. The second-order valence-corrected chi connectivity index (χ2v) is 16.3. The van der Waals surface area contributed by atoms with Crippen molar-refractivity contribution in [2.45, 2.75) is 5.92 Å². The molecule has 0 saturated heterocycles. The van der Waals surface area contributed by atoms with Crippen molar-refractivity contribution in [2.24, 2.45) is 0 Å². The molecule has 0 aliphatic heterocycles. The van der Waals surface area contributed by atoms with Gasteiger partial charge in [0, 0.05) is 39.3 Å². The van der Waals surface area contributed by atoms with Gasteiger partial charge in [0.1, 0.15) is 23.0 Å². The summed E-state index contributed by atoms with van der Waals surface area (Å²) < 4.78 is 0. The number of rotatable bonds is 10. The molecule has 0 saturated carbocycles. The summed E-state index contributed by atoms with van der Waals surface area (Å²) in [5.74, 6) is -0.194. The minimum atomic E-state index is -0.693. The van der Waals surface area contributed by atoms with Crippen LogP contribution >= 0.6 is 0 Å². The number of phenols is 4. The van der Waals surface area contributed by atoms with Gasteiger partial charge in [0.05, 0.1) is 0 Å². The lowest BCUT2D eigenvalue weighted by molar-refractivity contribution is 0.461. The molecule has 0 unspecified atom stereocenters. The van der Waals surface area contributed by atoms with Crippen molar-refractivity contribution in [3.8, 4) is 101 Å². The summed E-state index contributed by atoms with van der Waals surface area (Å²) in [7, 11) is 0. The van der Waals surface area contributed by atoms with Gasteiger partial charge >= 0.3 is 0 Å². The highest BCUT2D eigenvalue weighted by atomic mass is 16.3. The Balaban J connectivity index is 1.25. The van der Waals surface area contributed by atoms with Crippen LogP contribution in [0.25, 0.3) is 77.9 Å². The van der Waals surface area contributed by atoms with Gasteiger partial charge in [-0.15, -0.1) is 0 Å². The van der Waals surface area contributed by atoms with Crippen molar-refractivity contribution in [3.63, 3.8) is 0 Å². The summed E-state index contributed by atoms with van der Waals surface area (Å²) in [6.45, 7) is 0. The van der Waals surface area contributed by atoms with E-state index in [-0.39, 0.29) is 23.0 Å². The van der Waals surface area contributed by atoms with E-state index in [2.05, 4.69) is 36.4 Å². The zero-order valence-electron chi connectivity index (χ0n) is 35.4. The standard InChI is InChI=1S/C61H44O4/c62-57-32-30-47(34-51(57)42-18-8-2-9-19-42)49-36-53(44-22-12-4-13-23-44)60(64)55(38-49)59(46-28-26-41(27-29-46)40-16-6-1-7-17-40)56-39-50(37-54(61(56)65)45-24-14-5-15-25-45)48-31-33-58(63)52(35-48)43-20-10-3-11-21-43/h1-39,59,62-65H. The zero-order valence-corrected chi connectivity index (χ0v) is 35.4. The Morgan fingerprint density at radius 3 is 0.892 bits per heavy atom. The molecule has 0 aromatic heterocycles. The monoisotopic (exact) mass is 840 g/mol. The molecule has 0 spiro atoms. The van der Waals surface area contributed by atoms with Gasteiger partial charge in [0.15, 0.2) is 0 Å².